The Hall–Kier alpha value is -2.75. The van der Waals surface area contributed by atoms with Gasteiger partial charge >= 0.3 is 0 Å². The molecule has 2 aromatic carbocycles. The van der Waals surface area contributed by atoms with Crippen LogP contribution < -0.4 is 0 Å². The first-order valence-corrected chi connectivity index (χ1v) is 6.74. The molecule has 0 spiro atoms. The molecule has 0 atom stereocenters. The Kier molecular flexibility index (Phi) is 2.51. The van der Waals surface area contributed by atoms with Crippen LogP contribution in [0.15, 0.2) is 48.5 Å². The molecular formula is C17H12FN3. The maximum absolute atomic E-state index is 14.2. The van der Waals surface area contributed by atoms with Gasteiger partial charge in [0.25, 0.3) is 0 Å². The van der Waals surface area contributed by atoms with E-state index in [1.54, 1.807) is 12.1 Å². The van der Waals surface area contributed by atoms with Crippen LogP contribution >= 0.6 is 0 Å². The zero-order chi connectivity index (χ0) is 14.4. The highest BCUT2D eigenvalue weighted by Crippen LogP contribution is 2.33. The molecular weight excluding hydrogens is 265 g/mol. The van der Waals surface area contributed by atoms with E-state index in [9.17, 15) is 4.39 Å². The van der Waals surface area contributed by atoms with E-state index in [1.165, 1.54) is 6.07 Å². The molecule has 2 heterocycles. The maximum atomic E-state index is 14.2. The molecule has 0 aliphatic rings. The standard InChI is InChI=1S/C17H12FN3/c1-10-15-17(21-20-10)12-7-3-2-6-11(12)16(19-15)13-8-4-5-9-14(13)18/h2-9H,1H3,(H,20,21). The number of benzene rings is 2. The Balaban J connectivity index is 2.21. The molecule has 102 valence electrons. The Morgan fingerprint density at radius 2 is 1.62 bits per heavy atom. The SMILES string of the molecule is Cc1[nH]nc2c1nc(-c1ccccc1F)c1ccccc12. The van der Waals surface area contributed by atoms with E-state index in [0.717, 1.165) is 27.5 Å². The van der Waals surface area contributed by atoms with E-state index >= 15 is 0 Å². The van der Waals surface area contributed by atoms with E-state index in [4.69, 9.17) is 0 Å². The zero-order valence-corrected chi connectivity index (χ0v) is 11.4. The van der Waals surface area contributed by atoms with Crippen molar-refractivity contribution < 1.29 is 4.39 Å². The van der Waals surface area contributed by atoms with Gasteiger partial charge in [-0.2, -0.15) is 5.10 Å². The van der Waals surface area contributed by atoms with Crippen molar-refractivity contribution in [1.29, 1.82) is 0 Å². The van der Waals surface area contributed by atoms with Crippen molar-refractivity contribution in [3.8, 4) is 11.3 Å². The predicted molar refractivity (Wildman–Crippen MR) is 81.5 cm³/mol. The summed E-state index contributed by atoms with van der Waals surface area (Å²) >= 11 is 0. The van der Waals surface area contributed by atoms with Crippen LogP contribution in [-0.2, 0) is 0 Å². The first-order chi connectivity index (χ1) is 10.3. The third-order valence-electron chi connectivity index (χ3n) is 3.70. The highest BCUT2D eigenvalue weighted by molar-refractivity contribution is 6.09. The molecule has 0 amide bonds. The monoisotopic (exact) mass is 277 g/mol. The van der Waals surface area contributed by atoms with Gasteiger partial charge in [-0.05, 0) is 19.1 Å². The van der Waals surface area contributed by atoms with Crippen molar-refractivity contribution in [3.05, 3.63) is 60.0 Å². The molecule has 0 saturated carbocycles. The van der Waals surface area contributed by atoms with E-state index in [-0.39, 0.29) is 5.82 Å². The summed E-state index contributed by atoms with van der Waals surface area (Å²) in [5.74, 6) is -0.268. The molecule has 4 aromatic rings. The molecule has 0 unspecified atom stereocenters. The number of pyridine rings is 1. The molecule has 0 aliphatic heterocycles. The molecule has 0 radical (unpaired) electrons. The van der Waals surface area contributed by atoms with Crippen LogP contribution in [0, 0.1) is 12.7 Å². The minimum Gasteiger partial charge on any atom is -0.280 e. The largest absolute Gasteiger partial charge is 0.280 e. The molecule has 3 nitrogen and oxygen atoms in total. The first kappa shape index (κ1) is 12.0. The van der Waals surface area contributed by atoms with Crippen molar-refractivity contribution >= 4 is 21.8 Å². The smallest absolute Gasteiger partial charge is 0.132 e. The summed E-state index contributed by atoms with van der Waals surface area (Å²) in [4.78, 5) is 4.66. The Morgan fingerprint density at radius 1 is 0.905 bits per heavy atom. The lowest BCUT2D eigenvalue weighted by atomic mass is 10.0. The fourth-order valence-corrected chi connectivity index (χ4v) is 2.67. The number of nitrogens with one attached hydrogen (secondary N) is 1. The van der Waals surface area contributed by atoms with E-state index in [2.05, 4.69) is 15.2 Å². The first-order valence-electron chi connectivity index (χ1n) is 6.74. The van der Waals surface area contributed by atoms with Crippen LogP contribution in [0.25, 0.3) is 33.1 Å². The molecule has 4 rings (SSSR count). The summed E-state index contributed by atoms with van der Waals surface area (Å²) in [6.07, 6.45) is 0. The summed E-state index contributed by atoms with van der Waals surface area (Å²) < 4.78 is 14.2. The van der Waals surface area contributed by atoms with Crippen molar-refractivity contribution in [2.24, 2.45) is 0 Å². The number of aromatic amines is 1. The molecule has 21 heavy (non-hydrogen) atoms. The van der Waals surface area contributed by atoms with E-state index in [0.29, 0.717) is 11.3 Å². The van der Waals surface area contributed by atoms with Gasteiger partial charge < -0.3 is 0 Å². The highest BCUT2D eigenvalue weighted by Gasteiger charge is 2.15. The lowest BCUT2D eigenvalue weighted by molar-refractivity contribution is 0.631. The van der Waals surface area contributed by atoms with Crippen molar-refractivity contribution in [1.82, 2.24) is 15.2 Å². The molecule has 4 heteroatoms. The molecule has 1 N–H and O–H groups in total. The van der Waals surface area contributed by atoms with Gasteiger partial charge in [0.15, 0.2) is 0 Å². The van der Waals surface area contributed by atoms with Gasteiger partial charge in [0, 0.05) is 16.3 Å². The number of fused-ring (bicyclic) bond motifs is 3. The van der Waals surface area contributed by atoms with Crippen LogP contribution in [0.4, 0.5) is 4.39 Å². The summed E-state index contributed by atoms with van der Waals surface area (Å²) in [5, 5.41) is 9.16. The lowest BCUT2D eigenvalue weighted by Gasteiger charge is -2.08. The van der Waals surface area contributed by atoms with Gasteiger partial charge in [-0.3, -0.25) is 5.10 Å². The van der Waals surface area contributed by atoms with E-state index in [1.807, 2.05) is 37.3 Å². The highest BCUT2D eigenvalue weighted by atomic mass is 19.1. The van der Waals surface area contributed by atoms with Gasteiger partial charge in [-0.25, -0.2) is 9.37 Å². The molecule has 2 aromatic heterocycles. The van der Waals surface area contributed by atoms with Gasteiger partial charge in [-0.1, -0.05) is 36.4 Å². The fraction of sp³-hybridized carbons (Fsp3) is 0.0588. The van der Waals surface area contributed by atoms with Crippen LogP contribution in [0.5, 0.6) is 0 Å². The van der Waals surface area contributed by atoms with Gasteiger partial charge in [0.1, 0.15) is 16.9 Å². The van der Waals surface area contributed by atoms with Crippen molar-refractivity contribution in [2.75, 3.05) is 0 Å². The molecule has 0 bridgehead atoms. The molecule has 0 fully saturated rings. The number of aryl methyl sites for hydroxylation is 1. The second kappa shape index (κ2) is 4.38. The number of H-pyrrole nitrogens is 1. The van der Waals surface area contributed by atoms with Crippen LogP contribution in [0.1, 0.15) is 5.69 Å². The number of nitrogens with zero attached hydrogens (tertiary/aromatic N) is 2. The Morgan fingerprint density at radius 3 is 2.43 bits per heavy atom. The van der Waals surface area contributed by atoms with Crippen molar-refractivity contribution in [3.63, 3.8) is 0 Å². The quantitative estimate of drug-likeness (QED) is 0.566. The number of aromatic nitrogens is 3. The maximum Gasteiger partial charge on any atom is 0.132 e. The normalized spacial score (nSPS) is 11.3. The van der Waals surface area contributed by atoms with Crippen molar-refractivity contribution in [2.45, 2.75) is 6.92 Å². The molecule has 0 saturated heterocycles. The van der Waals surface area contributed by atoms with Crippen LogP contribution in [-0.4, -0.2) is 15.2 Å². The number of rotatable bonds is 1. The number of hydrogen-bond acceptors (Lipinski definition) is 2. The number of halogens is 1. The average Bonchev–Trinajstić information content (AvgIpc) is 2.89. The fourth-order valence-electron chi connectivity index (χ4n) is 2.67. The third-order valence-corrected chi connectivity index (χ3v) is 3.70. The minimum absolute atomic E-state index is 0.268. The summed E-state index contributed by atoms with van der Waals surface area (Å²) in [6, 6.07) is 14.5. The van der Waals surface area contributed by atoms with Gasteiger partial charge in [0.05, 0.1) is 11.4 Å². The van der Waals surface area contributed by atoms with Crippen LogP contribution in [0.2, 0.25) is 0 Å². The van der Waals surface area contributed by atoms with Gasteiger partial charge in [-0.15, -0.1) is 0 Å². The third kappa shape index (κ3) is 1.72. The molecule has 0 aliphatic carbocycles. The second-order valence-corrected chi connectivity index (χ2v) is 5.03. The van der Waals surface area contributed by atoms with E-state index < -0.39 is 0 Å². The number of hydrogen-bond donors (Lipinski definition) is 1. The minimum atomic E-state index is -0.268. The van der Waals surface area contributed by atoms with Crippen LogP contribution in [0.3, 0.4) is 0 Å². The predicted octanol–water partition coefficient (Wildman–Crippen LogP) is 4.23. The summed E-state index contributed by atoms with van der Waals surface area (Å²) in [5.41, 5.74) is 3.65. The topological polar surface area (TPSA) is 41.6 Å². The lowest BCUT2D eigenvalue weighted by Crippen LogP contribution is -1.91. The summed E-state index contributed by atoms with van der Waals surface area (Å²) in [7, 11) is 0. The zero-order valence-electron chi connectivity index (χ0n) is 11.4. The average molecular weight is 277 g/mol. The second-order valence-electron chi connectivity index (χ2n) is 5.03. The van der Waals surface area contributed by atoms with Gasteiger partial charge in [0.2, 0.25) is 0 Å². The Labute approximate surface area is 120 Å². The Bertz CT molecular complexity index is 972. The summed E-state index contributed by atoms with van der Waals surface area (Å²) in [6.45, 7) is 1.92.